The molecule has 2 heterocycles. The number of hydrogen-bond acceptors (Lipinski definition) is 4. The maximum atomic E-state index is 12.5. The summed E-state index contributed by atoms with van der Waals surface area (Å²) in [5, 5.41) is 3.33. The molecule has 0 bridgehead atoms. The van der Waals surface area contributed by atoms with Crippen molar-refractivity contribution in [2.24, 2.45) is 4.99 Å². The van der Waals surface area contributed by atoms with Gasteiger partial charge in [0.25, 0.3) is 10.0 Å². The Morgan fingerprint density at radius 2 is 1.92 bits per heavy atom. The third kappa shape index (κ3) is 5.06. The van der Waals surface area contributed by atoms with Gasteiger partial charge in [-0.05, 0) is 25.0 Å². The second kappa shape index (κ2) is 9.93. The van der Waals surface area contributed by atoms with Crippen molar-refractivity contribution in [3.63, 3.8) is 0 Å². The van der Waals surface area contributed by atoms with Gasteiger partial charge >= 0.3 is 0 Å². The molecule has 9 heteroatoms. The Morgan fingerprint density at radius 1 is 1.29 bits per heavy atom. The van der Waals surface area contributed by atoms with Crippen LogP contribution in [0.1, 0.15) is 31.6 Å². The Balaban J connectivity index is 0.00000288. The number of sulfonamides is 1. The first kappa shape index (κ1) is 21.7. The number of nitrogens with zero attached hydrogens (tertiary/aromatic N) is 3. The average molecular weight is 486 g/mol. The molecular formula is C15H27IN4O2S2. The molecule has 1 aliphatic rings. The summed E-state index contributed by atoms with van der Waals surface area (Å²) in [5.41, 5.74) is 0. The minimum absolute atomic E-state index is 0. The Morgan fingerprint density at radius 3 is 2.46 bits per heavy atom. The molecule has 0 aromatic carbocycles. The van der Waals surface area contributed by atoms with Gasteiger partial charge in [-0.1, -0.05) is 13.8 Å². The summed E-state index contributed by atoms with van der Waals surface area (Å²) in [6.45, 7) is 7.37. The summed E-state index contributed by atoms with van der Waals surface area (Å²) in [4.78, 5) is 7.54. The van der Waals surface area contributed by atoms with E-state index < -0.39 is 10.0 Å². The summed E-state index contributed by atoms with van der Waals surface area (Å²) in [7, 11) is -1.57. The highest BCUT2D eigenvalue weighted by molar-refractivity contribution is 14.0. The highest BCUT2D eigenvalue weighted by Crippen LogP contribution is 2.24. The lowest BCUT2D eigenvalue weighted by Gasteiger charge is -2.20. The van der Waals surface area contributed by atoms with E-state index in [0.29, 0.717) is 23.8 Å². The van der Waals surface area contributed by atoms with Crippen LogP contribution in [-0.4, -0.2) is 56.8 Å². The molecular weight excluding hydrogens is 459 g/mol. The molecule has 138 valence electrons. The third-order valence-electron chi connectivity index (χ3n) is 3.97. The van der Waals surface area contributed by atoms with Crippen molar-refractivity contribution in [1.29, 1.82) is 0 Å². The van der Waals surface area contributed by atoms with Crippen LogP contribution in [0.2, 0.25) is 0 Å². The molecule has 24 heavy (non-hydrogen) atoms. The molecule has 6 nitrogen and oxygen atoms in total. The molecule has 1 fully saturated rings. The van der Waals surface area contributed by atoms with Crippen LogP contribution in [0.5, 0.6) is 0 Å². The monoisotopic (exact) mass is 486 g/mol. The maximum absolute atomic E-state index is 12.5. The molecule has 0 saturated carbocycles. The van der Waals surface area contributed by atoms with E-state index in [-0.39, 0.29) is 24.0 Å². The summed E-state index contributed by atoms with van der Waals surface area (Å²) in [6.07, 6.45) is 2.40. The van der Waals surface area contributed by atoms with Crippen molar-refractivity contribution in [2.45, 2.75) is 37.4 Å². The largest absolute Gasteiger partial charge is 0.351 e. The third-order valence-corrected chi connectivity index (χ3v) is 7.58. The smallest absolute Gasteiger partial charge is 0.252 e. The average Bonchev–Trinajstić information content (AvgIpc) is 3.20. The number of guanidine groups is 1. The molecule has 1 aromatic heterocycles. The second-order valence-electron chi connectivity index (χ2n) is 5.40. The van der Waals surface area contributed by atoms with Crippen molar-refractivity contribution in [3.8, 4) is 0 Å². The fourth-order valence-corrected chi connectivity index (χ4v) is 5.62. The molecule has 0 unspecified atom stereocenters. The van der Waals surface area contributed by atoms with Crippen LogP contribution in [0.25, 0.3) is 0 Å². The Hall–Kier alpha value is -0.390. The summed E-state index contributed by atoms with van der Waals surface area (Å²) in [6, 6.07) is 3.58. The number of nitrogens with one attached hydrogen (secondary N) is 1. The van der Waals surface area contributed by atoms with Gasteiger partial charge in [-0.2, -0.15) is 4.31 Å². The Bertz CT molecular complexity index is 636. The van der Waals surface area contributed by atoms with Crippen LogP contribution in [0.4, 0.5) is 0 Å². The zero-order valence-corrected chi connectivity index (χ0v) is 18.5. The second-order valence-corrected chi connectivity index (χ2v) is 8.74. The number of thiophene rings is 1. The van der Waals surface area contributed by atoms with Gasteiger partial charge in [0.15, 0.2) is 5.96 Å². The number of hydrogen-bond donors (Lipinski definition) is 1. The van der Waals surface area contributed by atoms with Gasteiger partial charge in [-0.15, -0.1) is 35.3 Å². The first-order valence-corrected chi connectivity index (χ1v) is 10.3. The highest BCUT2D eigenvalue weighted by atomic mass is 127. The van der Waals surface area contributed by atoms with Crippen LogP contribution in [-0.2, 0) is 16.6 Å². The first-order valence-electron chi connectivity index (χ1n) is 8.07. The Labute approximate surface area is 166 Å². The molecule has 1 aromatic rings. The summed E-state index contributed by atoms with van der Waals surface area (Å²) < 4.78 is 26.9. The molecule has 1 N–H and O–H groups in total. The molecule has 0 radical (unpaired) electrons. The van der Waals surface area contributed by atoms with Crippen LogP contribution < -0.4 is 5.32 Å². The normalized spacial score (nSPS) is 15.7. The Kier molecular flexibility index (Phi) is 8.96. The van der Waals surface area contributed by atoms with Gasteiger partial charge in [0.1, 0.15) is 4.21 Å². The minimum atomic E-state index is -3.36. The first-order chi connectivity index (χ1) is 11.0. The predicted octanol–water partition coefficient (Wildman–Crippen LogP) is 2.57. The summed E-state index contributed by atoms with van der Waals surface area (Å²) >= 11 is 1.33. The van der Waals surface area contributed by atoms with Crippen molar-refractivity contribution in [1.82, 2.24) is 14.5 Å². The van der Waals surface area contributed by atoms with E-state index in [1.165, 1.54) is 28.5 Å². The lowest BCUT2D eigenvalue weighted by molar-refractivity contribution is 0.447. The fraction of sp³-hybridized carbons (Fsp3) is 0.667. The van der Waals surface area contributed by atoms with Gasteiger partial charge in [0.05, 0.1) is 6.54 Å². The lowest BCUT2D eigenvalue weighted by atomic mass is 10.4. The van der Waals surface area contributed by atoms with Crippen LogP contribution in [0.15, 0.2) is 21.3 Å². The van der Waals surface area contributed by atoms with E-state index in [1.54, 1.807) is 13.1 Å². The van der Waals surface area contributed by atoms with E-state index in [1.807, 2.05) is 19.9 Å². The van der Waals surface area contributed by atoms with Gasteiger partial charge in [-0.3, -0.25) is 4.99 Å². The van der Waals surface area contributed by atoms with Gasteiger partial charge in [-0.25, -0.2) is 8.42 Å². The number of halogens is 1. The molecule has 0 aliphatic carbocycles. The minimum Gasteiger partial charge on any atom is -0.351 e. The van der Waals surface area contributed by atoms with Crippen LogP contribution in [0.3, 0.4) is 0 Å². The van der Waals surface area contributed by atoms with Gasteiger partial charge in [0.2, 0.25) is 0 Å². The van der Waals surface area contributed by atoms with E-state index in [4.69, 9.17) is 0 Å². The van der Waals surface area contributed by atoms with Crippen molar-refractivity contribution < 1.29 is 8.42 Å². The van der Waals surface area contributed by atoms with Crippen LogP contribution >= 0.6 is 35.3 Å². The van der Waals surface area contributed by atoms with Gasteiger partial charge in [0, 0.05) is 38.1 Å². The molecule has 0 spiro atoms. The maximum Gasteiger partial charge on any atom is 0.252 e. The zero-order valence-electron chi connectivity index (χ0n) is 14.5. The van der Waals surface area contributed by atoms with E-state index in [2.05, 4.69) is 15.2 Å². The van der Waals surface area contributed by atoms with Gasteiger partial charge < -0.3 is 10.2 Å². The van der Waals surface area contributed by atoms with Crippen molar-refractivity contribution in [3.05, 3.63) is 17.0 Å². The molecule has 1 aliphatic heterocycles. The standard InChI is InChI=1S/C15H26N4O2S2.HI/c1-4-19(5-2)23(20,21)14-9-8-13(22-14)12-17-15(16-3)18-10-6-7-11-18;/h8-9H,4-7,10-12H2,1-3H3,(H,16,17);1H. The fourth-order valence-electron chi connectivity index (χ4n) is 2.71. The van der Waals surface area contributed by atoms with Crippen molar-refractivity contribution >= 4 is 51.3 Å². The van der Waals surface area contributed by atoms with E-state index in [0.717, 1.165) is 23.9 Å². The molecule has 2 rings (SSSR count). The quantitative estimate of drug-likeness (QED) is 0.382. The van der Waals surface area contributed by atoms with E-state index in [9.17, 15) is 8.42 Å². The van der Waals surface area contributed by atoms with E-state index >= 15 is 0 Å². The summed E-state index contributed by atoms with van der Waals surface area (Å²) in [5.74, 6) is 0.893. The molecule has 0 amide bonds. The molecule has 1 saturated heterocycles. The number of aliphatic imine (C=N–C) groups is 1. The number of rotatable bonds is 6. The predicted molar refractivity (Wildman–Crippen MR) is 111 cm³/mol. The van der Waals surface area contributed by atoms with Crippen LogP contribution in [0, 0.1) is 0 Å². The SMILES string of the molecule is CCN(CC)S(=O)(=O)c1ccc(CNC(=NC)N2CCCC2)s1.I. The zero-order chi connectivity index (χ0) is 16.9. The highest BCUT2D eigenvalue weighted by Gasteiger charge is 2.23. The topological polar surface area (TPSA) is 65.0 Å². The van der Waals surface area contributed by atoms with Crippen molar-refractivity contribution in [2.75, 3.05) is 33.2 Å². The molecule has 0 atom stereocenters. The number of likely N-dealkylation sites (tertiary alicyclic amines) is 1. The lowest BCUT2D eigenvalue weighted by Crippen LogP contribution is -2.38.